The molecule has 1 aromatic carbocycles. The van der Waals surface area contributed by atoms with Crippen molar-refractivity contribution >= 4 is 23.2 Å². The molecule has 4 rings (SSSR count). The first-order chi connectivity index (χ1) is 13.5. The van der Waals surface area contributed by atoms with Crippen molar-refractivity contribution in [2.45, 2.75) is 26.7 Å². The second-order valence-electron chi connectivity index (χ2n) is 6.53. The van der Waals surface area contributed by atoms with Gasteiger partial charge in [-0.05, 0) is 44.9 Å². The van der Waals surface area contributed by atoms with E-state index in [-0.39, 0.29) is 11.7 Å². The number of nitrogens with one attached hydrogen (secondary N) is 1. The maximum atomic E-state index is 14.2. The average Bonchev–Trinajstić information content (AvgIpc) is 3.06. The minimum Gasteiger partial charge on any atom is -0.437 e. The van der Waals surface area contributed by atoms with Crippen molar-refractivity contribution in [2.24, 2.45) is 0 Å². The standard InChI is InChI=1S/C21H19FN4O2/c1-3-5-16-12-26-18(8-9-23-26)21(24-16)28-19-11-15(22)10-17(13(19)2)25-20(27)14-6-4-7-14/h3,5-6,8-12H,4,7H2,1-2H3,(H,25,27)/b5-3+. The molecule has 0 bridgehead atoms. The van der Waals surface area contributed by atoms with Gasteiger partial charge in [-0.3, -0.25) is 4.79 Å². The van der Waals surface area contributed by atoms with E-state index in [2.05, 4.69) is 15.4 Å². The van der Waals surface area contributed by atoms with Gasteiger partial charge in [0.15, 0.2) is 0 Å². The molecule has 0 saturated heterocycles. The van der Waals surface area contributed by atoms with Gasteiger partial charge >= 0.3 is 0 Å². The topological polar surface area (TPSA) is 68.5 Å². The van der Waals surface area contributed by atoms with Gasteiger partial charge in [0, 0.05) is 17.2 Å². The number of fused-ring (bicyclic) bond motifs is 1. The molecule has 1 aliphatic rings. The van der Waals surface area contributed by atoms with Gasteiger partial charge in [-0.15, -0.1) is 0 Å². The van der Waals surface area contributed by atoms with Crippen LogP contribution in [0.2, 0.25) is 0 Å². The third-order valence-corrected chi connectivity index (χ3v) is 4.59. The zero-order valence-corrected chi connectivity index (χ0v) is 15.6. The fourth-order valence-electron chi connectivity index (χ4n) is 2.93. The Labute approximate surface area is 161 Å². The minimum absolute atomic E-state index is 0.211. The highest BCUT2D eigenvalue weighted by Gasteiger charge is 2.18. The Kier molecular flexibility index (Phi) is 4.65. The van der Waals surface area contributed by atoms with E-state index in [0.29, 0.717) is 33.9 Å². The van der Waals surface area contributed by atoms with E-state index in [1.807, 2.05) is 25.2 Å². The molecule has 3 aromatic rings. The number of halogens is 1. The van der Waals surface area contributed by atoms with Gasteiger partial charge in [-0.2, -0.15) is 5.10 Å². The third-order valence-electron chi connectivity index (χ3n) is 4.59. The number of hydrogen-bond acceptors (Lipinski definition) is 4. The molecule has 28 heavy (non-hydrogen) atoms. The quantitative estimate of drug-likeness (QED) is 0.701. The number of rotatable bonds is 5. The molecule has 0 atom stereocenters. The van der Waals surface area contributed by atoms with Gasteiger partial charge < -0.3 is 10.1 Å². The number of amides is 1. The van der Waals surface area contributed by atoms with Gasteiger partial charge in [0.2, 0.25) is 5.88 Å². The van der Waals surface area contributed by atoms with Gasteiger partial charge in [0.25, 0.3) is 5.91 Å². The second kappa shape index (κ2) is 7.26. The number of aromatic nitrogens is 3. The lowest BCUT2D eigenvalue weighted by molar-refractivity contribution is -0.113. The van der Waals surface area contributed by atoms with Gasteiger partial charge in [0.05, 0.1) is 23.8 Å². The van der Waals surface area contributed by atoms with E-state index in [4.69, 9.17) is 4.74 Å². The average molecular weight is 378 g/mol. The lowest BCUT2D eigenvalue weighted by Gasteiger charge is -2.17. The molecule has 0 radical (unpaired) electrons. The lowest BCUT2D eigenvalue weighted by atomic mass is 9.98. The van der Waals surface area contributed by atoms with Crippen LogP contribution in [0.3, 0.4) is 0 Å². The number of hydrogen-bond donors (Lipinski definition) is 1. The summed E-state index contributed by atoms with van der Waals surface area (Å²) >= 11 is 0. The summed E-state index contributed by atoms with van der Waals surface area (Å²) in [7, 11) is 0. The summed E-state index contributed by atoms with van der Waals surface area (Å²) in [6, 6.07) is 4.34. The van der Waals surface area contributed by atoms with Crippen LogP contribution in [0, 0.1) is 12.7 Å². The van der Waals surface area contributed by atoms with Crippen molar-refractivity contribution in [3.8, 4) is 11.6 Å². The summed E-state index contributed by atoms with van der Waals surface area (Å²) in [4.78, 5) is 16.7. The van der Waals surface area contributed by atoms with Crippen LogP contribution in [0.15, 0.2) is 48.3 Å². The largest absolute Gasteiger partial charge is 0.437 e. The first kappa shape index (κ1) is 17.9. The maximum absolute atomic E-state index is 14.2. The molecule has 0 spiro atoms. The van der Waals surface area contributed by atoms with Crippen molar-refractivity contribution < 1.29 is 13.9 Å². The fraction of sp³-hybridized carbons (Fsp3) is 0.190. The van der Waals surface area contributed by atoms with Gasteiger partial charge in [0.1, 0.15) is 17.1 Å². The summed E-state index contributed by atoms with van der Waals surface area (Å²) in [5.41, 5.74) is 3.02. The molecular weight excluding hydrogens is 359 g/mol. The van der Waals surface area contributed by atoms with E-state index in [1.54, 1.807) is 29.9 Å². The lowest BCUT2D eigenvalue weighted by Crippen LogP contribution is -2.18. The Balaban J connectivity index is 1.71. The fourth-order valence-corrected chi connectivity index (χ4v) is 2.93. The van der Waals surface area contributed by atoms with Gasteiger partial charge in [-0.25, -0.2) is 13.9 Å². The van der Waals surface area contributed by atoms with Crippen molar-refractivity contribution in [3.05, 3.63) is 65.4 Å². The molecule has 142 valence electrons. The Morgan fingerprint density at radius 3 is 2.93 bits per heavy atom. The summed E-state index contributed by atoms with van der Waals surface area (Å²) in [6.45, 7) is 3.65. The predicted molar refractivity (Wildman–Crippen MR) is 105 cm³/mol. The smallest absolute Gasteiger partial charge is 0.251 e. The van der Waals surface area contributed by atoms with Crippen LogP contribution in [-0.4, -0.2) is 20.5 Å². The number of carbonyl (C=O) groups is 1. The minimum atomic E-state index is -0.507. The highest BCUT2D eigenvalue weighted by Crippen LogP contribution is 2.33. The Morgan fingerprint density at radius 2 is 2.21 bits per heavy atom. The van der Waals surface area contributed by atoms with E-state index < -0.39 is 5.82 Å². The first-order valence-corrected chi connectivity index (χ1v) is 9.00. The number of benzene rings is 1. The molecular formula is C21H19FN4O2. The third kappa shape index (κ3) is 3.38. The van der Waals surface area contributed by atoms with Crippen molar-refractivity contribution in [1.82, 2.24) is 14.6 Å². The van der Waals surface area contributed by atoms with Gasteiger partial charge in [-0.1, -0.05) is 12.2 Å². The molecule has 7 heteroatoms. The number of nitrogens with zero attached hydrogens (tertiary/aromatic N) is 3. The molecule has 0 saturated carbocycles. The van der Waals surface area contributed by atoms with Crippen molar-refractivity contribution in [2.75, 3.05) is 5.32 Å². The molecule has 1 aliphatic carbocycles. The van der Waals surface area contributed by atoms with Crippen LogP contribution in [0.4, 0.5) is 10.1 Å². The summed E-state index contributed by atoms with van der Waals surface area (Å²) in [6.07, 6.45) is 10.6. The van der Waals surface area contributed by atoms with Crippen molar-refractivity contribution in [1.29, 1.82) is 0 Å². The Bertz CT molecular complexity index is 1130. The molecule has 1 N–H and O–H groups in total. The van der Waals surface area contributed by atoms with Crippen LogP contribution in [0.1, 0.15) is 31.0 Å². The Morgan fingerprint density at radius 1 is 1.39 bits per heavy atom. The zero-order chi connectivity index (χ0) is 19.7. The SMILES string of the molecule is C/C=C/c1cn2nccc2c(Oc2cc(F)cc(NC(=O)C3=CCC3)c2C)n1. The molecule has 2 aromatic heterocycles. The molecule has 1 amide bonds. The number of allylic oxidation sites excluding steroid dienone is 2. The molecule has 6 nitrogen and oxygen atoms in total. The van der Waals surface area contributed by atoms with E-state index in [0.717, 1.165) is 12.8 Å². The summed E-state index contributed by atoms with van der Waals surface area (Å²) in [5.74, 6) is -0.128. The maximum Gasteiger partial charge on any atom is 0.251 e. The van der Waals surface area contributed by atoms with E-state index in [1.165, 1.54) is 12.1 Å². The summed E-state index contributed by atoms with van der Waals surface area (Å²) in [5, 5.41) is 6.99. The van der Waals surface area contributed by atoms with E-state index in [9.17, 15) is 9.18 Å². The zero-order valence-electron chi connectivity index (χ0n) is 15.6. The Hall–Kier alpha value is -3.48. The van der Waals surface area contributed by atoms with Crippen LogP contribution in [0.25, 0.3) is 11.6 Å². The predicted octanol–water partition coefficient (Wildman–Crippen LogP) is 4.66. The summed E-state index contributed by atoms with van der Waals surface area (Å²) < 4.78 is 21.8. The molecule has 0 fully saturated rings. The monoisotopic (exact) mass is 378 g/mol. The highest BCUT2D eigenvalue weighted by molar-refractivity contribution is 6.05. The molecule has 0 unspecified atom stereocenters. The van der Waals surface area contributed by atoms with E-state index >= 15 is 0 Å². The van der Waals surface area contributed by atoms with Crippen LogP contribution >= 0.6 is 0 Å². The number of anilines is 1. The second-order valence-corrected chi connectivity index (χ2v) is 6.53. The van der Waals surface area contributed by atoms with Crippen LogP contribution < -0.4 is 10.1 Å². The van der Waals surface area contributed by atoms with Crippen LogP contribution in [-0.2, 0) is 4.79 Å². The normalized spacial score (nSPS) is 13.5. The highest BCUT2D eigenvalue weighted by atomic mass is 19.1. The number of carbonyl (C=O) groups excluding carboxylic acids is 1. The van der Waals surface area contributed by atoms with Crippen molar-refractivity contribution in [3.63, 3.8) is 0 Å². The van der Waals surface area contributed by atoms with Crippen LogP contribution in [0.5, 0.6) is 11.6 Å². The molecule has 2 heterocycles. The first-order valence-electron chi connectivity index (χ1n) is 9.00. The number of ether oxygens (including phenoxy) is 1. The molecule has 0 aliphatic heterocycles.